The van der Waals surface area contributed by atoms with Gasteiger partial charge >= 0.3 is 0 Å². The van der Waals surface area contributed by atoms with E-state index in [1.165, 1.54) is 24.0 Å². The third-order valence-corrected chi connectivity index (χ3v) is 6.08. The van der Waals surface area contributed by atoms with Crippen molar-refractivity contribution in [3.8, 4) is 11.1 Å². The van der Waals surface area contributed by atoms with Crippen LogP contribution in [-0.4, -0.2) is 31.3 Å². The van der Waals surface area contributed by atoms with Crippen LogP contribution in [0.25, 0.3) is 11.1 Å². The van der Waals surface area contributed by atoms with E-state index in [4.69, 9.17) is 0 Å². The fourth-order valence-corrected chi connectivity index (χ4v) is 4.13. The number of hydrogen-bond acceptors (Lipinski definition) is 3. The molecule has 34 heavy (non-hydrogen) atoms. The van der Waals surface area contributed by atoms with Gasteiger partial charge in [0.25, 0.3) is 5.91 Å². The zero-order chi connectivity index (χ0) is 24.2. The van der Waals surface area contributed by atoms with Crippen LogP contribution in [0.2, 0.25) is 0 Å². The van der Waals surface area contributed by atoms with Crippen molar-refractivity contribution in [3.05, 3.63) is 89.7 Å². The highest BCUT2D eigenvalue weighted by Crippen LogP contribution is 2.39. The number of nitrogens with one attached hydrogen (secondary N) is 2. The summed E-state index contributed by atoms with van der Waals surface area (Å²) in [5, 5.41) is 5.50. The number of nitrogens with zero attached hydrogens (tertiary/aromatic N) is 1. The zero-order valence-electron chi connectivity index (χ0n) is 19.0. The molecule has 1 aliphatic heterocycles. The Kier molecular flexibility index (Phi) is 6.72. The Bertz CT molecular complexity index is 1240. The van der Waals surface area contributed by atoms with E-state index in [-0.39, 0.29) is 18.3 Å². The van der Waals surface area contributed by atoms with Crippen LogP contribution in [0.4, 0.5) is 10.1 Å². The fraction of sp³-hybridized carbons (Fsp3) is 0.222. The number of benzene rings is 3. The molecule has 4 rings (SSSR count). The van der Waals surface area contributed by atoms with Crippen molar-refractivity contribution in [2.75, 3.05) is 18.5 Å². The van der Waals surface area contributed by atoms with Crippen LogP contribution in [0.15, 0.2) is 72.8 Å². The number of halogens is 1. The van der Waals surface area contributed by atoms with Gasteiger partial charge in [0.05, 0.1) is 5.69 Å². The number of para-hydroxylation sites is 1. The Labute approximate surface area is 197 Å². The van der Waals surface area contributed by atoms with Gasteiger partial charge in [0, 0.05) is 19.2 Å². The molecular formula is C27H26FN3O3. The van der Waals surface area contributed by atoms with Gasteiger partial charge in [0.2, 0.25) is 11.8 Å². The summed E-state index contributed by atoms with van der Waals surface area (Å²) in [5.41, 5.74) is 3.93. The third kappa shape index (κ3) is 4.69. The molecule has 0 aliphatic carbocycles. The summed E-state index contributed by atoms with van der Waals surface area (Å²) >= 11 is 0. The van der Waals surface area contributed by atoms with Gasteiger partial charge in [-0.15, -0.1) is 0 Å². The smallest absolute Gasteiger partial charge is 0.253 e. The minimum Gasteiger partial charge on any atom is -0.355 e. The van der Waals surface area contributed by atoms with Crippen molar-refractivity contribution >= 4 is 23.4 Å². The number of anilines is 1. The third-order valence-electron chi connectivity index (χ3n) is 6.08. The summed E-state index contributed by atoms with van der Waals surface area (Å²) < 4.78 is 13.3. The normalized spacial score (nSPS) is 15.6. The van der Waals surface area contributed by atoms with Gasteiger partial charge in [-0.25, -0.2) is 4.39 Å². The van der Waals surface area contributed by atoms with Crippen molar-refractivity contribution < 1.29 is 18.8 Å². The average molecular weight is 460 g/mol. The van der Waals surface area contributed by atoms with Gasteiger partial charge in [0.15, 0.2) is 0 Å². The molecule has 0 saturated heterocycles. The Balaban J connectivity index is 1.47. The molecule has 6 nitrogen and oxygen atoms in total. The molecule has 3 aromatic rings. The number of amides is 3. The Hall–Kier alpha value is -4.00. The summed E-state index contributed by atoms with van der Waals surface area (Å²) in [4.78, 5) is 40.4. The van der Waals surface area contributed by atoms with E-state index >= 15 is 0 Å². The molecule has 3 amide bonds. The summed E-state index contributed by atoms with van der Waals surface area (Å²) in [6.07, 6.45) is 0.440. The minimum absolute atomic E-state index is 0.267. The van der Waals surface area contributed by atoms with E-state index in [1.54, 1.807) is 19.2 Å². The van der Waals surface area contributed by atoms with Crippen molar-refractivity contribution in [1.82, 2.24) is 10.6 Å². The predicted octanol–water partition coefficient (Wildman–Crippen LogP) is 3.62. The SMILES string of the molecule is CC(C(=O)NCCc1cccc(F)c1)C(=O)NC1C(=O)N(C)c2ccccc2-c2ccccc21. The van der Waals surface area contributed by atoms with Gasteiger partial charge in [-0.3, -0.25) is 14.4 Å². The molecular weight excluding hydrogens is 433 g/mol. The molecule has 0 fully saturated rings. The molecule has 174 valence electrons. The predicted molar refractivity (Wildman–Crippen MR) is 128 cm³/mol. The van der Waals surface area contributed by atoms with Crippen LogP contribution < -0.4 is 15.5 Å². The van der Waals surface area contributed by atoms with Crippen LogP contribution in [0, 0.1) is 11.7 Å². The number of likely N-dealkylation sites (N-methyl/N-ethyl adjacent to an activating group) is 1. The second-order valence-corrected chi connectivity index (χ2v) is 8.34. The lowest BCUT2D eigenvalue weighted by Crippen LogP contribution is -2.46. The molecule has 2 atom stereocenters. The van der Waals surface area contributed by atoms with Gasteiger partial charge in [-0.2, -0.15) is 0 Å². The van der Waals surface area contributed by atoms with E-state index in [2.05, 4.69) is 10.6 Å². The minimum atomic E-state index is -1.01. The fourth-order valence-electron chi connectivity index (χ4n) is 4.13. The lowest BCUT2D eigenvalue weighted by Gasteiger charge is -2.24. The van der Waals surface area contributed by atoms with E-state index in [0.717, 1.165) is 22.4 Å². The molecule has 0 aromatic heterocycles. The standard InChI is InChI=1S/C27H26FN3O3/c1-17(25(32)29-15-14-18-8-7-9-19(28)16-18)26(33)30-24-22-12-4-3-10-20(22)21-11-5-6-13-23(21)31(2)27(24)34/h3-13,16-17,24H,14-15H2,1-2H3,(H,29,32)(H,30,33). The topological polar surface area (TPSA) is 78.5 Å². The van der Waals surface area contributed by atoms with Crippen molar-refractivity contribution in [3.63, 3.8) is 0 Å². The highest BCUT2D eigenvalue weighted by Gasteiger charge is 2.34. The first-order valence-corrected chi connectivity index (χ1v) is 11.1. The van der Waals surface area contributed by atoms with Crippen LogP contribution in [0.5, 0.6) is 0 Å². The van der Waals surface area contributed by atoms with Crippen molar-refractivity contribution in [2.24, 2.45) is 5.92 Å². The van der Waals surface area contributed by atoms with Gasteiger partial charge < -0.3 is 15.5 Å². The summed E-state index contributed by atoms with van der Waals surface area (Å²) in [7, 11) is 1.68. The maximum Gasteiger partial charge on any atom is 0.253 e. The highest BCUT2D eigenvalue weighted by atomic mass is 19.1. The summed E-state index contributed by atoms with van der Waals surface area (Å²) in [6, 6.07) is 20.2. The Morgan fingerprint density at radius 2 is 1.68 bits per heavy atom. The molecule has 2 N–H and O–H groups in total. The lowest BCUT2D eigenvalue weighted by molar-refractivity contribution is -0.136. The van der Waals surface area contributed by atoms with E-state index in [9.17, 15) is 18.8 Å². The number of carbonyl (C=O) groups excluding carboxylic acids is 3. The second-order valence-electron chi connectivity index (χ2n) is 8.34. The zero-order valence-corrected chi connectivity index (χ0v) is 19.0. The Morgan fingerprint density at radius 3 is 2.44 bits per heavy atom. The summed E-state index contributed by atoms with van der Waals surface area (Å²) in [6.45, 7) is 1.77. The van der Waals surface area contributed by atoms with Crippen molar-refractivity contribution in [2.45, 2.75) is 19.4 Å². The van der Waals surface area contributed by atoms with Gasteiger partial charge in [-0.1, -0.05) is 54.6 Å². The van der Waals surface area contributed by atoms with Crippen LogP contribution in [-0.2, 0) is 20.8 Å². The molecule has 0 spiro atoms. The highest BCUT2D eigenvalue weighted by molar-refractivity contribution is 6.07. The number of hydrogen-bond donors (Lipinski definition) is 2. The Morgan fingerprint density at radius 1 is 0.971 bits per heavy atom. The first kappa shape index (κ1) is 23.2. The molecule has 0 radical (unpaired) electrons. The maximum absolute atomic E-state index is 13.3. The lowest BCUT2D eigenvalue weighted by atomic mass is 9.95. The van der Waals surface area contributed by atoms with E-state index in [1.807, 2.05) is 48.5 Å². The average Bonchev–Trinajstić information content (AvgIpc) is 2.93. The maximum atomic E-state index is 13.3. The number of carbonyl (C=O) groups is 3. The van der Waals surface area contributed by atoms with E-state index < -0.39 is 23.8 Å². The largest absolute Gasteiger partial charge is 0.355 e. The molecule has 7 heteroatoms. The molecule has 1 heterocycles. The molecule has 3 aromatic carbocycles. The molecule has 1 aliphatic rings. The summed E-state index contributed by atoms with van der Waals surface area (Å²) in [5.74, 6) is -2.64. The first-order chi connectivity index (χ1) is 16.4. The molecule has 0 bridgehead atoms. The van der Waals surface area contributed by atoms with Crippen LogP contribution >= 0.6 is 0 Å². The van der Waals surface area contributed by atoms with Gasteiger partial charge in [0.1, 0.15) is 17.8 Å². The first-order valence-electron chi connectivity index (χ1n) is 11.1. The number of rotatable bonds is 6. The van der Waals surface area contributed by atoms with Crippen LogP contribution in [0.3, 0.4) is 0 Å². The monoisotopic (exact) mass is 459 g/mol. The second kappa shape index (κ2) is 9.87. The molecule has 2 unspecified atom stereocenters. The quantitative estimate of drug-likeness (QED) is 0.553. The van der Waals surface area contributed by atoms with Crippen molar-refractivity contribution in [1.29, 1.82) is 0 Å². The number of fused-ring (bicyclic) bond motifs is 3. The van der Waals surface area contributed by atoms with Crippen LogP contribution in [0.1, 0.15) is 24.1 Å². The van der Waals surface area contributed by atoms with E-state index in [0.29, 0.717) is 12.0 Å². The molecule has 0 saturated carbocycles. The van der Waals surface area contributed by atoms with Gasteiger partial charge in [-0.05, 0) is 48.2 Å².